The van der Waals surface area contributed by atoms with Crippen LogP contribution in [0, 0.1) is 17.3 Å². The molecule has 0 fully saturated rings. The zero-order valence-electron chi connectivity index (χ0n) is 15.4. The van der Waals surface area contributed by atoms with E-state index >= 15 is 0 Å². The van der Waals surface area contributed by atoms with Crippen LogP contribution in [0.1, 0.15) is 91.9 Å². The Bertz CT molecular complexity index is 317. The molecule has 0 aliphatic heterocycles. The largest absolute Gasteiger partial charge is 0.480 e. The van der Waals surface area contributed by atoms with Crippen LogP contribution in [0.2, 0.25) is 0 Å². The number of rotatable bonds is 14. The molecule has 0 rings (SSSR count). The standard InChI is InChI=1S/C19H36O4/c1-5-9-11-15(7-3)13-19(17(20)21,18(22)23)14-16(8-4)12-10-6-2/h15-16H,5-14H2,1-4H3,(H,20,21)(H,22,23). The van der Waals surface area contributed by atoms with Crippen LogP contribution >= 0.6 is 0 Å². The highest BCUT2D eigenvalue weighted by atomic mass is 16.4. The molecule has 0 radical (unpaired) electrons. The number of carboxylic acid groups (broad SMARTS) is 2. The highest BCUT2D eigenvalue weighted by molar-refractivity contribution is 5.98. The summed E-state index contributed by atoms with van der Waals surface area (Å²) in [5.41, 5.74) is -1.62. The molecule has 2 N–H and O–H groups in total. The van der Waals surface area contributed by atoms with Crippen LogP contribution in [0.25, 0.3) is 0 Å². The van der Waals surface area contributed by atoms with Crippen LogP contribution < -0.4 is 0 Å². The van der Waals surface area contributed by atoms with E-state index < -0.39 is 17.4 Å². The van der Waals surface area contributed by atoms with Gasteiger partial charge in [0.15, 0.2) is 5.41 Å². The van der Waals surface area contributed by atoms with Crippen molar-refractivity contribution < 1.29 is 19.8 Å². The number of unbranched alkanes of at least 4 members (excludes halogenated alkanes) is 2. The van der Waals surface area contributed by atoms with Gasteiger partial charge in [0.25, 0.3) is 0 Å². The van der Waals surface area contributed by atoms with Crippen molar-refractivity contribution in [2.75, 3.05) is 0 Å². The summed E-state index contributed by atoms with van der Waals surface area (Å²) in [6, 6.07) is 0. The van der Waals surface area contributed by atoms with Crippen molar-refractivity contribution >= 4 is 11.9 Å². The molecule has 2 unspecified atom stereocenters. The van der Waals surface area contributed by atoms with Gasteiger partial charge in [-0.1, -0.05) is 79.1 Å². The van der Waals surface area contributed by atoms with E-state index in [0.29, 0.717) is 0 Å². The van der Waals surface area contributed by atoms with E-state index in [4.69, 9.17) is 0 Å². The summed E-state index contributed by atoms with van der Waals surface area (Å²) < 4.78 is 0. The minimum Gasteiger partial charge on any atom is -0.480 e. The molecule has 0 aromatic rings. The lowest BCUT2D eigenvalue weighted by Crippen LogP contribution is -2.42. The molecule has 0 spiro atoms. The zero-order valence-corrected chi connectivity index (χ0v) is 15.4. The number of hydrogen-bond donors (Lipinski definition) is 2. The van der Waals surface area contributed by atoms with Crippen molar-refractivity contribution in [1.29, 1.82) is 0 Å². The van der Waals surface area contributed by atoms with Gasteiger partial charge in [-0.05, 0) is 24.7 Å². The van der Waals surface area contributed by atoms with Gasteiger partial charge in [-0.3, -0.25) is 9.59 Å². The van der Waals surface area contributed by atoms with Crippen LogP contribution in [0.15, 0.2) is 0 Å². The maximum Gasteiger partial charge on any atom is 0.321 e. The molecule has 0 saturated heterocycles. The predicted molar refractivity (Wildman–Crippen MR) is 93.6 cm³/mol. The molecule has 136 valence electrons. The fraction of sp³-hybridized carbons (Fsp3) is 0.895. The number of carbonyl (C=O) groups is 2. The van der Waals surface area contributed by atoms with Gasteiger partial charge in [0.05, 0.1) is 0 Å². The highest BCUT2D eigenvalue weighted by Gasteiger charge is 2.48. The topological polar surface area (TPSA) is 74.6 Å². The Morgan fingerprint density at radius 3 is 1.35 bits per heavy atom. The minimum atomic E-state index is -1.62. The molecule has 2 atom stereocenters. The number of hydrogen-bond acceptors (Lipinski definition) is 2. The van der Waals surface area contributed by atoms with E-state index in [1.54, 1.807) is 0 Å². The lowest BCUT2D eigenvalue weighted by atomic mass is 9.70. The summed E-state index contributed by atoms with van der Waals surface area (Å²) in [5, 5.41) is 19.5. The lowest BCUT2D eigenvalue weighted by molar-refractivity contribution is -0.168. The van der Waals surface area contributed by atoms with Crippen molar-refractivity contribution in [3.05, 3.63) is 0 Å². The SMILES string of the molecule is CCCCC(CC)CC(CC(CC)CCCC)(C(=O)O)C(=O)O. The summed E-state index contributed by atoms with van der Waals surface area (Å²) in [6.07, 6.45) is 8.20. The third-order valence-electron chi connectivity index (χ3n) is 5.18. The maximum atomic E-state index is 11.9. The van der Waals surface area contributed by atoms with Gasteiger partial charge < -0.3 is 10.2 Å². The van der Waals surface area contributed by atoms with Crippen molar-refractivity contribution in [3.8, 4) is 0 Å². The van der Waals surface area contributed by atoms with Gasteiger partial charge in [-0.15, -0.1) is 0 Å². The van der Waals surface area contributed by atoms with E-state index in [1.807, 2.05) is 13.8 Å². The Hall–Kier alpha value is -1.06. The second kappa shape index (κ2) is 11.5. The molecule has 4 nitrogen and oxygen atoms in total. The quantitative estimate of drug-likeness (QED) is 0.421. The second-order valence-corrected chi connectivity index (χ2v) is 6.93. The van der Waals surface area contributed by atoms with Crippen LogP contribution in [-0.2, 0) is 9.59 Å². The van der Waals surface area contributed by atoms with E-state index in [9.17, 15) is 19.8 Å². The lowest BCUT2D eigenvalue weighted by Gasteiger charge is -2.32. The van der Waals surface area contributed by atoms with Gasteiger partial charge in [0.1, 0.15) is 0 Å². The summed E-state index contributed by atoms with van der Waals surface area (Å²) in [7, 11) is 0. The summed E-state index contributed by atoms with van der Waals surface area (Å²) in [6.45, 7) is 8.27. The van der Waals surface area contributed by atoms with Crippen molar-refractivity contribution in [1.82, 2.24) is 0 Å². The fourth-order valence-electron chi connectivity index (χ4n) is 3.40. The summed E-state index contributed by atoms with van der Waals surface area (Å²) in [5.74, 6) is -1.97. The van der Waals surface area contributed by atoms with Crippen LogP contribution in [0.5, 0.6) is 0 Å². The molecule has 0 saturated carbocycles. The van der Waals surface area contributed by atoms with Crippen LogP contribution in [-0.4, -0.2) is 22.2 Å². The van der Waals surface area contributed by atoms with E-state index in [0.717, 1.165) is 51.4 Å². The fourth-order valence-corrected chi connectivity index (χ4v) is 3.40. The first-order valence-corrected chi connectivity index (χ1v) is 9.34. The molecule has 0 aliphatic carbocycles. The molecular weight excluding hydrogens is 292 g/mol. The van der Waals surface area contributed by atoms with Gasteiger partial charge >= 0.3 is 11.9 Å². The van der Waals surface area contributed by atoms with Crippen molar-refractivity contribution in [2.24, 2.45) is 17.3 Å². The minimum absolute atomic E-state index is 0.172. The summed E-state index contributed by atoms with van der Waals surface area (Å²) in [4.78, 5) is 23.9. The van der Waals surface area contributed by atoms with Gasteiger partial charge in [-0.2, -0.15) is 0 Å². The number of carboxylic acids is 2. The first-order chi connectivity index (χ1) is 10.9. The van der Waals surface area contributed by atoms with E-state index in [-0.39, 0.29) is 24.7 Å². The van der Waals surface area contributed by atoms with Gasteiger partial charge in [0.2, 0.25) is 0 Å². The third kappa shape index (κ3) is 6.92. The van der Waals surface area contributed by atoms with E-state index in [2.05, 4.69) is 13.8 Å². The first kappa shape index (κ1) is 21.9. The molecule has 0 aromatic carbocycles. The second-order valence-electron chi connectivity index (χ2n) is 6.93. The Labute approximate surface area is 141 Å². The molecule has 0 aromatic heterocycles. The Morgan fingerprint density at radius 2 is 1.13 bits per heavy atom. The molecular formula is C19H36O4. The molecule has 0 bridgehead atoms. The van der Waals surface area contributed by atoms with Crippen molar-refractivity contribution in [2.45, 2.75) is 91.9 Å². The Kier molecular flexibility index (Phi) is 10.9. The van der Waals surface area contributed by atoms with Gasteiger partial charge in [-0.25, -0.2) is 0 Å². The third-order valence-corrected chi connectivity index (χ3v) is 5.18. The average molecular weight is 328 g/mol. The monoisotopic (exact) mass is 328 g/mol. The summed E-state index contributed by atoms with van der Waals surface area (Å²) >= 11 is 0. The van der Waals surface area contributed by atoms with Crippen molar-refractivity contribution in [3.63, 3.8) is 0 Å². The zero-order chi connectivity index (χ0) is 17.9. The van der Waals surface area contributed by atoms with Crippen LogP contribution in [0.4, 0.5) is 0 Å². The molecule has 0 amide bonds. The first-order valence-electron chi connectivity index (χ1n) is 9.34. The highest BCUT2D eigenvalue weighted by Crippen LogP contribution is 2.39. The molecule has 23 heavy (non-hydrogen) atoms. The molecule has 0 aliphatic rings. The maximum absolute atomic E-state index is 11.9. The van der Waals surface area contributed by atoms with Crippen LogP contribution in [0.3, 0.4) is 0 Å². The predicted octanol–water partition coefficient (Wildman–Crippen LogP) is 5.36. The number of aliphatic carboxylic acids is 2. The smallest absolute Gasteiger partial charge is 0.321 e. The Balaban J connectivity index is 5.29. The normalized spacial score (nSPS) is 14.4. The average Bonchev–Trinajstić information content (AvgIpc) is 2.52. The Morgan fingerprint density at radius 1 is 0.783 bits per heavy atom. The van der Waals surface area contributed by atoms with Gasteiger partial charge in [0, 0.05) is 0 Å². The molecule has 4 heteroatoms. The van der Waals surface area contributed by atoms with E-state index in [1.165, 1.54) is 0 Å². The molecule has 0 heterocycles.